The maximum atomic E-state index is 12.1. The largest absolute Gasteiger partial charge is 0.436 e. The Labute approximate surface area is 183 Å². The molecule has 0 aliphatic heterocycles. The molecule has 2 heterocycles. The predicted octanol–water partition coefficient (Wildman–Crippen LogP) is 2.16. The number of benzene rings is 1. The van der Waals surface area contributed by atoms with Gasteiger partial charge in [0.2, 0.25) is 11.6 Å². The Bertz CT molecular complexity index is 1350. The predicted molar refractivity (Wildman–Crippen MR) is 113 cm³/mol. The highest BCUT2D eigenvalue weighted by atomic mass is 79.9. The molecule has 0 bridgehead atoms. The van der Waals surface area contributed by atoms with Gasteiger partial charge in [-0.15, -0.1) is 10.2 Å². The molecular weight excluding hydrogens is 468 g/mol. The number of halogens is 1. The SMILES string of the molecule is N#Cc1nn(-c2ccc(Oc3cc(CC4CCCC4)c(=O)[nH]n3)c(Br)c2)c(=O)[nH]c1=O. The lowest BCUT2D eigenvalue weighted by atomic mass is 9.99. The quantitative estimate of drug-likeness (QED) is 0.563. The van der Waals surface area contributed by atoms with Crippen molar-refractivity contribution in [2.45, 2.75) is 32.1 Å². The number of aromatic amines is 2. The van der Waals surface area contributed by atoms with Gasteiger partial charge in [-0.05, 0) is 46.5 Å². The third kappa shape index (κ3) is 4.49. The zero-order chi connectivity index (χ0) is 22.0. The summed E-state index contributed by atoms with van der Waals surface area (Å²) in [6.07, 6.45) is 5.32. The van der Waals surface area contributed by atoms with Gasteiger partial charge in [0.1, 0.15) is 11.8 Å². The Hall–Kier alpha value is -3.52. The van der Waals surface area contributed by atoms with Crippen LogP contribution in [0, 0.1) is 17.2 Å². The molecule has 31 heavy (non-hydrogen) atoms. The fourth-order valence-electron chi connectivity index (χ4n) is 3.62. The molecule has 0 amide bonds. The highest BCUT2D eigenvalue weighted by Gasteiger charge is 2.18. The molecule has 158 valence electrons. The highest BCUT2D eigenvalue weighted by Crippen LogP contribution is 2.31. The number of nitrogens with zero attached hydrogens (tertiary/aromatic N) is 4. The summed E-state index contributed by atoms with van der Waals surface area (Å²) in [7, 11) is 0. The second-order valence-electron chi connectivity index (χ2n) is 7.26. The molecule has 1 aliphatic carbocycles. The minimum absolute atomic E-state index is 0.217. The molecule has 1 aliphatic rings. The summed E-state index contributed by atoms with van der Waals surface area (Å²) in [5.74, 6) is 1.14. The molecule has 2 aromatic heterocycles. The molecule has 10 nitrogen and oxygen atoms in total. The van der Waals surface area contributed by atoms with E-state index in [9.17, 15) is 14.4 Å². The molecule has 4 rings (SSSR count). The molecule has 0 unspecified atom stereocenters. The summed E-state index contributed by atoms with van der Waals surface area (Å²) < 4.78 is 7.20. The van der Waals surface area contributed by atoms with Crippen molar-refractivity contribution in [1.29, 1.82) is 5.26 Å². The highest BCUT2D eigenvalue weighted by molar-refractivity contribution is 9.10. The van der Waals surface area contributed by atoms with E-state index >= 15 is 0 Å². The van der Waals surface area contributed by atoms with Gasteiger partial charge in [-0.25, -0.2) is 9.89 Å². The number of aromatic nitrogens is 5. The van der Waals surface area contributed by atoms with Crippen LogP contribution in [0.3, 0.4) is 0 Å². The van der Waals surface area contributed by atoms with Crippen LogP contribution in [-0.4, -0.2) is 25.0 Å². The Balaban J connectivity index is 1.60. The number of H-pyrrole nitrogens is 2. The summed E-state index contributed by atoms with van der Waals surface area (Å²) in [5, 5.41) is 19.2. The molecule has 1 aromatic carbocycles. The van der Waals surface area contributed by atoms with Crippen LogP contribution in [0.5, 0.6) is 11.6 Å². The number of hydrogen-bond donors (Lipinski definition) is 2. The standard InChI is InChI=1S/C20H17BrN6O4/c21-14-9-13(27-20(30)23-19(29)15(10-22)26-27)5-6-16(14)31-17-8-12(18(28)25-24-17)7-11-3-1-2-4-11/h5-6,8-9,11H,1-4,7H2,(H,25,28)(H,23,29,30). The second kappa shape index (κ2) is 8.69. The third-order valence-electron chi connectivity index (χ3n) is 5.15. The maximum Gasteiger partial charge on any atom is 0.349 e. The van der Waals surface area contributed by atoms with E-state index in [0.717, 1.165) is 17.5 Å². The Morgan fingerprint density at radius 3 is 2.68 bits per heavy atom. The van der Waals surface area contributed by atoms with E-state index in [4.69, 9.17) is 10.00 Å². The Morgan fingerprint density at radius 2 is 1.97 bits per heavy atom. The normalized spacial score (nSPS) is 13.8. The van der Waals surface area contributed by atoms with Gasteiger partial charge in [0.25, 0.3) is 11.1 Å². The van der Waals surface area contributed by atoms with Gasteiger partial charge in [-0.3, -0.25) is 14.6 Å². The van der Waals surface area contributed by atoms with Gasteiger partial charge in [-0.1, -0.05) is 25.7 Å². The first-order chi connectivity index (χ1) is 14.9. The maximum absolute atomic E-state index is 12.1. The van der Waals surface area contributed by atoms with Gasteiger partial charge in [0.05, 0.1) is 10.2 Å². The average Bonchev–Trinajstić information content (AvgIpc) is 3.25. The number of rotatable bonds is 5. The van der Waals surface area contributed by atoms with Gasteiger partial charge in [0, 0.05) is 11.6 Å². The number of hydrogen-bond acceptors (Lipinski definition) is 7. The van der Waals surface area contributed by atoms with Crippen LogP contribution in [0.25, 0.3) is 5.69 Å². The summed E-state index contributed by atoms with van der Waals surface area (Å²) in [6, 6.07) is 7.95. The van der Waals surface area contributed by atoms with Crippen LogP contribution >= 0.6 is 15.9 Å². The monoisotopic (exact) mass is 484 g/mol. The van der Waals surface area contributed by atoms with E-state index in [1.54, 1.807) is 30.3 Å². The number of nitrogens with one attached hydrogen (secondary N) is 2. The lowest BCUT2D eigenvalue weighted by Crippen LogP contribution is -2.33. The van der Waals surface area contributed by atoms with Crippen molar-refractivity contribution in [2.24, 2.45) is 5.92 Å². The first-order valence-electron chi connectivity index (χ1n) is 9.64. The number of ether oxygens (including phenoxy) is 1. The lowest BCUT2D eigenvalue weighted by Gasteiger charge is -2.11. The lowest BCUT2D eigenvalue weighted by molar-refractivity contribution is 0.448. The summed E-state index contributed by atoms with van der Waals surface area (Å²) >= 11 is 3.38. The summed E-state index contributed by atoms with van der Waals surface area (Å²) in [6.45, 7) is 0. The van der Waals surface area contributed by atoms with Crippen LogP contribution in [-0.2, 0) is 6.42 Å². The Kier molecular flexibility index (Phi) is 5.81. The molecule has 11 heteroatoms. The van der Waals surface area contributed by atoms with Crippen LogP contribution in [0.4, 0.5) is 0 Å². The van der Waals surface area contributed by atoms with Gasteiger partial charge < -0.3 is 4.74 Å². The molecule has 0 atom stereocenters. The van der Waals surface area contributed by atoms with Crippen molar-refractivity contribution in [3.63, 3.8) is 0 Å². The van der Waals surface area contributed by atoms with E-state index in [1.807, 2.05) is 4.98 Å². The first kappa shape index (κ1) is 20.7. The van der Waals surface area contributed by atoms with Crippen molar-refractivity contribution in [3.05, 3.63) is 71.2 Å². The van der Waals surface area contributed by atoms with Crippen LogP contribution in [0.1, 0.15) is 36.9 Å². The van der Waals surface area contributed by atoms with E-state index < -0.39 is 16.9 Å². The molecule has 2 N–H and O–H groups in total. The van der Waals surface area contributed by atoms with E-state index in [-0.39, 0.29) is 11.4 Å². The molecule has 1 fully saturated rings. The van der Waals surface area contributed by atoms with Crippen LogP contribution in [0.15, 0.2) is 43.1 Å². The van der Waals surface area contributed by atoms with Crippen molar-refractivity contribution in [1.82, 2.24) is 25.0 Å². The molecule has 3 aromatic rings. The van der Waals surface area contributed by atoms with Crippen molar-refractivity contribution < 1.29 is 4.74 Å². The smallest absolute Gasteiger partial charge is 0.349 e. The minimum Gasteiger partial charge on any atom is -0.436 e. The zero-order valence-electron chi connectivity index (χ0n) is 16.2. The zero-order valence-corrected chi connectivity index (χ0v) is 17.8. The van der Waals surface area contributed by atoms with E-state index in [1.165, 1.54) is 12.8 Å². The second-order valence-corrected chi connectivity index (χ2v) is 8.12. The molecule has 0 spiro atoms. The van der Waals surface area contributed by atoms with Crippen molar-refractivity contribution in [3.8, 4) is 23.4 Å². The topological polar surface area (TPSA) is 147 Å². The molecule has 0 saturated heterocycles. The van der Waals surface area contributed by atoms with Crippen molar-refractivity contribution >= 4 is 15.9 Å². The first-order valence-corrected chi connectivity index (χ1v) is 10.4. The summed E-state index contributed by atoms with van der Waals surface area (Å²) in [5.41, 5.74) is -1.32. The van der Waals surface area contributed by atoms with Crippen LogP contribution in [0.2, 0.25) is 0 Å². The van der Waals surface area contributed by atoms with Crippen molar-refractivity contribution in [2.75, 3.05) is 0 Å². The number of nitriles is 1. The molecule has 1 saturated carbocycles. The summed E-state index contributed by atoms with van der Waals surface area (Å²) in [4.78, 5) is 37.7. The molecule has 0 radical (unpaired) electrons. The fraction of sp³-hybridized carbons (Fsp3) is 0.300. The van der Waals surface area contributed by atoms with Gasteiger partial charge in [-0.2, -0.15) is 9.94 Å². The van der Waals surface area contributed by atoms with Gasteiger partial charge >= 0.3 is 5.69 Å². The third-order valence-corrected chi connectivity index (χ3v) is 5.77. The molecular formula is C20H17BrN6O4. The van der Waals surface area contributed by atoms with Crippen LogP contribution < -0.4 is 21.5 Å². The fourth-order valence-corrected chi connectivity index (χ4v) is 4.07. The van der Waals surface area contributed by atoms with Gasteiger partial charge in [0.15, 0.2) is 0 Å². The van der Waals surface area contributed by atoms with E-state index in [2.05, 4.69) is 31.2 Å². The Morgan fingerprint density at radius 1 is 1.19 bits per heavy atom. The average molecular weight is 485 g/mol. The minimum atomic E-state index is -0.847. The van der Waals surface area contributed by atoms with E-state index in [0.29, 0.717) is 33.8 Å².